The van der Waals surface area contributed by atoms with Crippen LogP contribution in [0.5, 0.6) is 0 Å². The van der Waals surface area contributed by atoms with E-state index in [2.05, 4.69) is 5.32 Å². The molecule has 3 aromatic rings. The van der Waals surface area contributed by atoms with Gasteiger partial charge in [0, 0.05) is 22.3 Å². The number of rotatable bonds is 2. The van der Waals surface area contributed by atoms with Gasteiger partial charge in [0.05, 0.1) is 0 Å². The van der Waals surface area contributed by atoms with E-state index in [1.54, 1.807) is 12.1 Å². The summed E-state index contributed by atoms with van der Waals surface area (Å²) in [5, 5.41) is 4.76. The van der Waals surface area contributed by atoms with Crippen LogP contribution in [0, 0.1) is 13.8 Å². The van der Waals surface area contributed by atoms with Gasteiger partial charge in [-0.1, -0.05) is 36.4 Å². The largest absolute Gasteiger partial charge is 0.398 e. The third-order valence-electron chi connectivity index (χ3n) is 4.06. The molecule has 0 unspecified atom stereocenters. The minimum absolute atomic E-state index is 0.120. The molecule has 0 aliphatic carbocycles. The van der Waals surface area contributed by atoms with Gasteiger partial charge in [-0.3, -0.25) is 4.79 Å². The highest BCUT2D eigenvalue weighted by Crippen LogP contribution is 2.26. The van der Waals surface area contributed by atoms with E-state index in [1.165, 1.54) is 0 Å². The Morgan fingerprint density at radius 3 is 2.41 bits per heavy atom. The highest BCUT2D eigenvalue weighted by atomic mass is 16.1. The number of nitrogens with two attached hydrogens (primary N) is 1. The van der Waals surface area contributed by atoms with Gasteiger partial charge >= 0.3 is 0 Å². The molecule has 0 saturated heterocycles. The number of hydrogen-bond donors (Lipinski definition) is 2. The minimum atomic E-state index is -0.120. The van der Waals surface area contributed by atoms with E-state index in [9.17, 15) is 4.79 Å². The summed E-state index contributed by atoms with van der Waals surface area (Å²) >= 11 is 0. The van der Waals surface area contributed by atoms with Gasteiger partial charge in [-0.2, -0.15) is 0 Å². The Bertz CT molecular complexity index is 868. The second kappa shape index (κ2) is 5.53. The molecule has 0 aromatic heterocycles. The maximum Gasteiger partial charge on any atom is 0.256 e. The van der Waals surface area contributed by atoms with Crippen LogP contribution in [0.1, 0.15) is 21.5 Å². The lowest BCUT2D eigenvalue weighted by Gasteiger charge is -2.12. The maximum atomic E-state index is 12.7. The molecular weight excluding hydrogens is 272 g/mol. The number of carbonyl (C=O) groups excluding carboxylic acids is 1. The highest BCUT2D eigenvalue weighted by Gasteiger charge is 2.12. The minimum Gasteiger partial charge on any atom is -0.398 e. The lowest BCUT2D eigenvalue weighted by atomic mass is 10.0. The summed E-state index contributed by atoms with van der Waals surface area (Å²) in [5.41, 5.74) is 10.4. The van der Waals surface area contributed by atoms with E-state index in [4.69, 9.17) is 5.73 Å². The van der Waals surface area contributed by atoms with Crippen LogP contribution in [-0.4, -0.2) is 5.91 Å². The molecule has 0 bridgehead atoms. The van der Waals surface area contributed by atoms with Crippen LogP contribution in [0.2, 0.25) is 0 Å². The number of nitrogens with one attached hydrogen (secondary N) is 1. The Labute approximate surface area is 129 Å². The zero-order valence-corrected chi connectivity index (χ0v) is 12.7. The van der Waals surface area contributed by atoms with Crippen LogP contribution in [0.25, 0.3) is 10.8 Å². The van der Waals surface area contributed by atoms with Crippen molar-refractivity contribution in [2.75, 3.05) is 11.1 Å². The van der Waals surface area contributed by atoms with E-state index in [0.717, 1.165) is 27.6 Å². The summed E-state index contributed by atoms with van der Waals surface area (Å²) in [6.45, 7) is 4.04. The molecule has 3 nitrogen and oxygen atoms in total. The Morgan fingerprint density at radius 2 is 1.64 bits per heavy atom. The lowest BCUT2D eigenvalue weighted by Crippen LogP contribution is -2.13. The smallest absolute Gasteiger partial charge is 0.256 e. The summed E-state index contributed by atoms with van der Waals surface area (Å²) < 4.78 is 0. The van der Waals surface area contributed by atoms with Gasteiger partial charge < -0.3 is 11.1 Å². The van der Waals surface area contributed by atoms with Gasteiger partial charge in [-0.25, -0.2) is 0 Å². The Balaban J connectivity index is 2.03. The Morgan fingerprint density at radius 1 is 0.909 bits per heavy atom. The van der Waals surface area contributed by atoms with Gasteiger partial charge in [0.25, 0.3) is 5.91 Å². The van der Waals surface area contributed by atoms with Crippen LogP contribution in [0.3, 0.4) is 0 Å². The average Bonchev–Trinajstić information content (AvgIpc) is 2.52. The number of hydrogen-bond acceptors (Lipinski definition) is 2. The quantitative estimate of drug-likeness (QED) is 0.692. The van der Waals surface area contributed by atoms with Crippen LogP contribution in [0.4, 0.5) is 11.4 Å². The van der Waals surface area contributed by atoms with Crippen LogP contribution < -0.4 is 11.1 Å². The predicted octanol–water partition coefficient (Wildman–Crippen LogP) is 4.29. The number of benzene rings is 3. The molecule has 110 valence electrons. The third kappa shape index (κ3) is 2.42. The Kier molecular flexibility index (Phi) is 3.55. The zero-order valence-electron chi connectivity index (χ0n) is 12.7. The van der Waals surface area contributed by atoms with Crippen LogP contribution >= 0.6 is 0 Å². The normalized spacial score (nSPS) is 10.6. The predicted molar refractivity (Wildman–Crippen MR) is 92.2 cm³/mol. The first-order chi connectivity index (χ1) is 10.6. The molecule has 3 heteroatoms. The topological polar surface area (TPSA) is 55.1 Å². The van der Waals surface area contributed by atoms with E-state index in [-0.39, 0.29) is 5.91 Å². The fourth-order valence-corrected chi connectivity index (χ4v) is 2.60. The fourth-order valence-electron chi connectivity index (χ4n) is 2.60. The van der Waals surface area contributed by atoms with Crippen molar-refractivity contribution in [3.63, 3.8) is 0 Å². The average molecular weight is 290 g/mol. The summed E-state index contributed by atoms with van der Waals surface area (Å²) in [5.74, 6) is -0.120. The van der Waals surface area contributed by atoms with Gasteiger partial charge in [-0.15, -0.1) is 0 Å². The van der Waals surface area contributed by atoms with Gasteiger partial charge in [0.15, 0.2) is 0 Å². The lowest BCUT2D eigenvalue weighted by molar-refractivity contribution is 0.102. The molecule has 0 radical (unpaired) electrons. The second-order valence-electron chi connectivity index (χ2n) is 5.45. The molecule has 0 spiro atoms. The van der Waals surface area contributed by atoms with Crippen LogP contribution in [0.15, 0.2) is 54.6 Å². The summed E-state index contributed by atoms with van der Waals surface area (Å²) in [6, 6.07) is 17.1. The SMILES string of the molecule is Cc1cccc(NC(=O)c2ccc(N)c3ccccc23)c1C. The molecule has 3 aromatic carbocycles. The van der Waals surface area contributed by atoms with E-state index in [1.807, 2.05) is 56.3 Å². The molecule has 0 saturated carbocycles. The van der Waals surface area contributed by atoms with Crippen molar-refractivity contribution in [2.45, 2.75) is 13.8 Å². The van der Waals surface area contributed by atoms with E-state index in [0.29, 0.717) is 11.3 Å². The van der Waals surface area contributed by atoms with Gasteiger partial charge in [0.2, 0.25) is 0 Å². The standard InChI is InChI=1S/C19H18N2O/c1-12-6-5-9-18(13(12)2)21-19(22)16-10-11-17(20)15-8-4-3-7-14(15)16/h3-11H,20H2,1-2H3,(H,21,22). The molecule has 0 fully saturated rings. The van der Waals surface area contributed by atoms with E-state index < -0.39 is 0 Å². The van der Waals surface area contributed by atoms with Crippen molar-refractivity contribution in [1.82, 2.24) is 0 Å². The van der Waals surface area contributed by atoms with E-state index >= 15 is 0 Å². The summed E-state index contributed by atoms with van der Waals surface area (Å²) in [4.78, 5) is 12.7. The van der Waals surface area contributed by atoms with Crippen molar-refractivity contribution in [3.05, 3.63) is 71.3 Å². The number of nitrogen functional groups attached to an aromatic ring is 1. The molecule has 3 N–H and O–H groups in total. The van der Waals surface area contributed by atoms with Crippen molar-refractivity contribution in [2.24, 2.45) is 0 Å². The molecule has 3 rings (SSSR count). The molecule has 0 aliphatic rings. The number of aryl methyl sites for hydroxylation is 1. The number of anilines is 2. The Hall–Kier alpha value is -2.81. The zero-order chi connectivity index (χ0) is 15.7. The van der Waals surface area contributed by atoms with Crippen LogP contribution in [-0.2, 0) is 0 Å². The molecule has 0 atom stereocenters. The first kappa shape index (κ1) is 14.1. The number of fused-ring (bicyclic) bond motifs is 1. The summed E-state index contributed by atoms with van der Waals surface area (Å²) in [7, 11) is 0. The fraction of sp³-hybridized carbons (Fsp3) is 0.105. The van der Waals surface area contributed by atoms with Crippen molar-refractivity contribution < 1.29 is 4.79 Å². The van der Waals surface area contributed by atoms with Crippen molar-refractivity contribution in [1.29, 1.82) is 0 Å². The molecule has 0 aliphatic heterocycles. The van der Waals surface area contributed by atoms with Gasteiger partial charge in [0.1, 0.15) is 0 Å². The molecule has 22 heavy (non-hydrogen) atoms. The molecule has 1 amide bonds. The van der Waals surface area contributed by atoms with Crippen molar-refractivity contribution in [3.8, 4) is 0 Å². The van der Waals surface area contributed by atoms with Gasteiger partial charge in [-0.05, 0) is 48.6 Å². The highest BCUT2D eigenvalue weighted by molar-refractivity contribution is 6.15. The number of carbonyl (C=O) groups is 1. The monoisotopic (exact) mass is 290 g/mol. The first-order valence-corrected chi connectivity index (χ1v) is 7.22. The second-order valence-corrected chi connectivity index (χ2v) is 5.45. The third-order valence-corrected chi connectivity index (χ3v) is 4.06. The number of amides is 1. The summed E-state index contributed by atoms with van der Waals surface area (Å²) in [6.07, 6.45) is 0. The molecule has 0 heterocycles. The van der Waals surface area contributed by atoms with Crippen molar-refractivity contribution >= 4 is 28.1 Å². The first-order valence-electron chi connectivity index (χ1n) is 7.22. The molecular formula is C19H18N2O. The maximum absolute atomic E-state index is 12.7.